The van der Waals surface area contributed by atoms with Crippen LogP contribution in [0.15, 0.2) is 5.38 Å². The molecule has 0 aromatic carbocycles. The van der Waals surface area contributed by atoms with E-state index in [1.165, 1.54) is 0 Å². The van der Waals surface area contributed by atoms with Crippen LogP contribution in [0.5, 0.6) is 5.19 Å². The monoisotopic (exact) mass is 288 g/mol. The summed E-state index contributed by atoms with van der Waals surface area (Å²) in [5.41, 5.74) is -0.635. The number of aromatic nitrogens is 1. The minimum atomic E-state index is -2.58. The Morgan fingerprint density at radius 1 is 1.42 bits per heavy atom. The lowest BCUT2D eigenvalue weighted by Crippen LogP contribution is -2.41. The second kappa shape index (κ2) is 4.44. The zero-order valence-electron chi connectivity index (χ0n) is 16.1. The summed E-state index contributed by atoms with van der Waals surface area (Å²) < 4.78 is 59.4. The molecule has 3 heterocycles. The highest BCUT2D eigenvalue weighted by Crippen LogP contribution is 2.36. The van der Waals surface area contributed by atoms with Crippen molar-refractivity contribution in [2.75, 3.05) is 13.1 Å². The second-order valence-electron chi connectivity index (χ2n) is 5.36. The Kier molecular flexibility index (Phi) is 2.02. The van der Waals surface area contributed by atoms with Gasteiger partial charge in [0, 0.05) is 5.38 Å². The molecule has 2 aliphatic rings. The molecule has 2 saturated heterocycles. The largest absolute Gasteiger partial charge is 0.515 e. The molecular weight excluding hydrogens is 265 g/mol. The number of rotatable bonds is 3. The summed E-state index contributed by atoms with van der Waals surface area (Å²) in [7, 11) is -0.712. The van der Waals surface area contributed by atoms with Crippen LogP contribution in [-0.2, 0) is 14.0 Å². The van der Waals surface area contributed by atoms with Gasteiger partial charge in [0.25, 0.3) is 5.19 Å². The molecule has 0 N–H and O–H groups in total. The highest BCUT2D eigenvalue weighted by Gasteiger charge is 2.52. The normalized spacial score (nSPS) is 36.2. The maximum absolute atomic E-state index is 7.96. The molecule has 0 radical (unpaired) electrons. The third-order valence-electron chi connectivity index (χ3n) is 3.47. The van der Waals surface area contributed by atoms with E-state index < -0.39 is 37.5 Å². The van der Waals surface area contributed by atoms with Gasteiger partial charge in [-0.1, -0.05) is 11.3 Å². The van der Waals surface area contributed by atoms with Crippen molar-refractivity contribution >= 4 is 24.0 Å². The predicted molar refractivity (Wildman–Crippen MR) is 73.1 cm³/mol. The van der Waals surface area contributed by atoms with Crippen LogP contribution in [0, 0.1) is 0 Å². The van der Waals surface area contributed by atoms with Crippen molar-refractivity contribution in [3.8, 4) is 5.19 Å². The molecule has 0 atom stereocenters. The van der Waals surface area contributed by atoms with E-state index in [0.717, 1.165) is 11.3 Å². The summed E-state index contributed by atoms with van der Waals surface area (Å²) in [5, 5.41) is 1.57. The molecule has 2 fully saturated rings. The fraction of sp³-hybridized carbons (Fsp3) is 0.750. The summed E-state index contributed by atoms with van der Waals surface area (Å²) in [4.78, 5) is 4.16. The van der Waals surface area contributed by atoms with Crippen LogP contribution >= 0.6 is 11.3 Å². The predicted octanol–water partition coefficient (Wildman–Crippen LogP) is 1.22. The third kappa shape index (κ3) is 2.40. The molecule has 0 unspecified atom stereocenters. The minimum absolute atomic E-state index is 0.0502. The third-order valence-corrected chi connectivity index (χ3v) is 4.21. The lowest BCUT2D eigenvalue weighted by atomic mass is 9.86. The zero-order valence-corrected chi connectivity index (χ0v) is 12.0. The second-order valence-corrected chi connectivity index (χ2v) is 6.18. The van der Waals surface area contributed by atoms with Crippen LogP contribution in [0.4, 0.5) is 0 Å². The van der Waals surface area contributed by atoms with E-state index in [0.29, 0.717) is 5.59 Å². The number of thiazole rings is 1. The molecule has 0 aliphatic carbocycles. The molecule has 19 heavy (non-hydrogen) atoms. The van der Waals surface area contributed by atoms with Gasteiger partial charge in [-0.3, -0.25) is 0 Å². The zero-order chi connectivity index (χ0) is 18.2. The molecule has 0 saturated carbocycles. The van der Waals surface area contributed by atoms with Crippen molar-refractivity contribution in [1.82, 2.24) is 4.98 Å². The van der Waals surface area contributed by atoms with Crippen LogP contribution in [-0.4, -0.2) is 42.5 Å². The van der Waals surface area contributed by atoms with E-state index in [4.69, 9.17) is 20.9 Å². The van der Waals surface area contributed by atoms with Crippen molar-refractivity contribution < 1.29 is 25.6 Å². The summed E-state index contributed by atoms with van der Waals surface area (Å²) in [6.45, 7) is 2.47. The smallest absolute Gasteiger partial charge is 0.462 e. The molecular formula is C12H18BNO4S. The van der Waals surface area contributed by atoms with Crippen LogP contribution < -0.4 is 10.3 Å². The van der Waals surface area contributed by atoms with E-state index in [-0.39, 0.29) is 5.19 Å². The van der Waals surface area contributed by atoms with E-state index in [9.17, 15) is 0 Å². The number of hydrogen-bond donors (Lipinski definition) is 0. The molecule has 3 rings (SSSR count). The van der Waals surface area contributed by atoms with Gasteiger partial charge in [-0.05, 0) is 27.7 Å². The molecule has 0 amide bonds. The maximum atomic E-state index is 7.96. The first-order valence-electron chi connectivity index (χ1n) is 8.41. The summed E-state index contributed by atoms with van der Waals surface area (Å²) in [6.07, 6.45) is -2.54. The van der Waals surface area contributed by atoms with Gasteiger partial charge < -0.3 is 18.8 Å². The average Bonchev–Trinajstić information content (AvgIpc) is 2.91. The van der Waals surface area contributed by atoms with E-state index in [2.05, 4.69) is 9.72 Å². The lowest BCUT2D eigenvalue weighted by molar-refractivity contribution is -0.0796. The van der Waals surface area contributed by atoms with Crippen LogP contribution in [0.2, 0.25) is 0 Å². The van der Waals surface area contributed by atoms with Crippen LogP contribution in [0.1, 0.15) is 34.5 Å². The Morgan fingerprint density at radius 2 is 2.05 bits per heavy atom. The quantitative estimate of drug-likeness (QED) is 0.783. The first-order chi connectivity index (χ1) is 10.7. The fourth-order valence-electron chi connectivity index (χ4n) is 1.61. The van der Waals surface area contributed by atoms with Crippen molar-refractivity contribution in [2.45, 2.75) is 45.0 Å². The van der Waals surface area contributed by atoms with Gasteiger partial charge in [-0.2, -0.15) is 0 Å². The van der Waals surface area contributed by atoms with Gasteiger partial charge in [0.15, 0.2) is 0 Å². The van der Waals surface area contributed by atoms with Gasteiger partial charge in [0.05, 0.1) is 36.8 Å². The number of nitrogens with zero attached hydrogens (tertiary/aromatic N) is 1. The van der Waals surface area contributed by atoms with E-state index in [1.807, 2.05) is 27.7 Å². The Hall–Kier alpha value is -0.625. The first-order valence-corrected chi connectivity index (χ1v) is 6.79. The summed E-state index contributed by atoms with van der Waals surface area (Å²) >= 11 is 1.01. The molecule has 1 aromatic rings. The Morgan fingerprint density at radius 3 is 2.63 bits per heavy atom. The number of ether oxygens (including phenoxy) is 2. The number of hydrogen-bond acceptors (Lipinski definition) is 6. The SMILES string of the molecule is [2H]C1([2H])OC([2H])([2H])C1([2H])Oc1nc(B2OC(C)(C)C(C)(C)O2)cs1. The van der Waals surface area contributed by atoms with Crippen LogP contribution in [0.3, 0.4) is 0 Å². The van der Waals surface area contributed by atoms with Gasteiger partial charge in [-0.15, -0.1) is 0 Å². The minimum Gasteiger partial charge on any atom is -0.462 e. The molecule has 7 heteroatoms. The standard InChI is InChI=1S/C12H18BNO4S/c1-11(2)12(3,4)18-13(17-11)9-7-19-10(14-9)16-8-5-15-6-8/h7-8H,5-6H2,1-4H3/i5D2,6D2,8D. The molecule has 5 nitrogen and oxygen atoms in total. The molecule has 1 aromatic heterocycles. The Labute approximate surface area is 124 Å². The van der Waals surface area contributed by atoms with Crippen LogP contribution in [0.25, 0.3) is 0 Å². The topological polar surface area (TPSA) is 49.8 Å². The van der Waals surface area contributed by atoms with Crippen molar-refractivity contribution in [3.63, 3.8) is 0 Å². The van der Waals surface area contributed by atoms with Gasteiger partial charge >= 0.3 is 7.12 Å². The fourth-order valence-corrected chi connectivity index (χ4v) is 2.28. The lowest BCUT2D eigenvalue weighted by Gasteiger charge is -2.32. The highest BCUT2D eigenvalue weighted by molar-refractivity contribution is 7.12. The van der Waals surface area contributed by atoms with Crippen molar-refractivity contribution in [2.24, 2.45) is 0 Å². The maximum Gasteiger partial charge on any atom is 0.515 e. The highest BCUT2D eigenvalue weighted by atomic mass is 32.1. The van der Waals surface area contributed by atoms with Gasteiger partial charge in [0.1, 0.15) is 6.08 Å². The molecule has 0 spiro atoms. The van der Waals surface area contributed by atoms with E-state index >= 15 is 0 Å². The molecule has 104 valence electrons. The molecule has 0 bridgehead atoms. The Balaban J connectivity index is 1.78. The summed E-state index contributed by atoms with van der Waals surface area (Å²) in [5.74, 6) is 0. The molecule has 2 aliphatic heterocycles. The average molecular weight is 288 g/mol. The van der Waals surface area contributed by atoms with Crippen molar-refractivity contribution in [1.29, 1.82) is 0 Å². The van der Waals surface area contributed by atoms with Gasteiger partial charge in [-0.25, -0.2) is 4.98 Å². The van der Waals surface area contributed by atoms with E-state index in [1.54, 1.807) is 5.38 Å². The Bertz CT molecular complexity index is 638. The van der Waals surface area contributed by atoms with Crippen molar-refractivity contribution in [3.05, 3.63) is 5.38 Å². The first kappa shape index (κ1) is 8.62. The van der Waals surface area contributed by atoms with Gasteiger partial charge in [0.2, 0.25) is 0 Å². The summed E-state index contributed by atoms with van der Waals surface area (Å²) in [6, 6.07) is 0.